The first-order chi connectivity index (χ1) is 12.5. The van der Waals surface area contributed by atoms with Crippen molar-refractivity contribution in [2.45, 2.75) is 49.8 Å². The largest absolute Gasteiger partial charge is 0.467 e. The van der Waals surface area contributed by atoms with Gasteiger partial charge in [-0.3, -0.25) is 4.90 Å². The molecule has 3 rings (SSSR count). The van der Waals surface area contributed by atoms with Crippen LogP contribution in [0, 0.1) is 0 Å². The van der Waals surface area contributed by atoms with Crippen molar-refractivity contribution in [3.63, 3.8) is 0 Å². The van der Waals surface area contributed by atoms with Gasteiger partial charge in [0.1, 0.15) is 17.7 Å². The molecule has 0 spiro atoms. The molecule has 2 heterocycles. The van der Waals surface area contributed by atoms with Gasteiger partial charge in [-0.1, -0.05) is 30.3 Å². The van der Waals surface area contributed by atoms with Gasteiger partial charge in [-0.15, -0.1) is 0 Å². The first kappa shape index (κ1) is 18.2. The molecule has 1 amide bonds. The average Bonchev–Trinajstić information content (AvgIpc) is 2.89. The maximum absolute atomic E-state index is 13.0. The van der Waals surface area contributed by atoms with Gasteiger partial charge in [-0.05, 0) is 37.7 Å². The number of hydrogen-bond donors (Lipinski definition) is 0. The van der Waals surface area contributed by atoms with Crippen molar-refractivity contribution in [2.75, 3.05) is 14.2 Å². The van der Waals surface area contributed by atoms with E-state index < -0.39 is 29.1 Å². The Labute approximate surface area is 152 Å². The molecule has 2 atom stereocenters. The Morgan fingerprint density at radius 2 is 1.46 bits per heavy atom. The molecule has 1 aromatic rings. The summed E-state index contributed by atoms with van der Waals surface area (Å²) >= 11 is 0. The minimum absolute atomic E-state index is 0.0602. The van der Waals surface area contributed by atoms with E-state index in [1.54, 1.807) is 0 Å². The van der Waals surface area contributed by atoms with Gasteiger partial charge in [0, 0.05) is 0 Å². The summed E-state index contributed by atoms with van der Waals surface area (Å²) in [6.07, 6.45) is 1.54. The van der Waals surface area contributed by atoms with Crippen LogP contribution in [-0.2, 0) is 30.4 Å². The molecule has 2 aliphatic heterocycles. The van der Waals surface area contributed by atoms with Gasteiger partial charge in [0.25, 0.3) is 0 Å². The summed E-state index contributed by atoms with van der Waals surface area (Å²) in [7, 11) is 2.58. The number of amides is 1. The lowest BCUT2D eigenvalue weighted by molar-refractivity contribution is -0.167. The zero-order chi connectivity index (χ0) is 18.8. The van der Waals surface area contributed by atoms with E-state index in [1.165, 1.54) is 19.1 Å². The second kappa shape index (κ2) is 6.97. The van der Waals surface area contributed by atoms with Crippen molar-refractivity contribution in [1.82, 2.24) is 4.90 Å². The Bertz CT molecular complexity index is 673. The first-order valence-electron chi connectivity index (χ1n) is 8.68. The molecule has 7 nitrogen and oxygen atoms in total. The van der Waals surface area contributed by atoms with Crippen molar-refractivity contribution in [1.29, 1.82) is 0 Å². The summed E-state index contributed by atoms with van der Waals surface area (Å²) in [4.78, 5) is 39.4. The SMILES string of the molecule is COC(=O)C12CCCC(C(=O)OC)(CC1)N2C(=O)OCc1ccccc1. The predicted octanol–water partition coefficient (Wildman–Crippen LogP) is 2.43. The summed E-state index contributed by atoms with van der Waals surface area (Å²) in [5.74, 6) is -1.03. The van der Waals surface area contributed by atoms with Crippen molar-refractivity contribution < 1.29 is 28.6 Å². The van der Waals surface area contributed by atoms with Gasteiger partial charge in [-0.2, -0.15) is 0 Å². The predicted molar refractivity (Wildman–Crippen MR) is 91.0 cm³/mol. The van der Waals surface area contributed by atoms with E-state index in [-0.39, 0.29) is 6.61 Å². The number of carbonyl (C=O) groups excluding carboxylic acids is 3. The van der Waals surface area contributed by atoms with Crippen LogP contribution in [-0.4, -0.2) is 48.2 Å². The minimum Gasteiger partial charge on any atom is -0.467 e. The third-order valence-corrected chi connectivity index (χ3v) is 5.51. The number of esters is 2. The molecule has 1 aromatic carbocycles. The molecule has 0 aromatic heterocycles. The Morgan fingerprint density at radius 3 is 1.96 bits per heavy atom. The van der Waals surface area contributed by atoms with Crippen LogP contribution in [0.1, 0.15) is 37.7 Å². The fourth-order valence-electron chi connectivity index (χ4n) is 4.30. The maximum atomic E-state index is 13.0. The molecule has 0 N–H and O–H groups in total. The first-order valence-corrected chi connectivity index (χ1v) is 8.68. The van der Waals surface area contributed by atoms with E-state index in [0.29, 0.717) is 32.1 Å². The molecule has 140 valence electrons. The fourth-order valence-corrected chi connectivity index (χ4v) is 4.30. The summed E-state index contributed by atoms with van der Waals surface area (Å²) in [5, 5.41) is 0. The van der Waals surface area contributed by atoms with E-state index in [4.69, 9.17) is 14.2 Å². The topological polar surface area (TPSA) is 82.1 Å². The second-order valence-electron chi connectivity index (χ2n) is 6.78. The highest BCUT2D eigenvalue weighted by atomic mass is 16.6. The van der Waals surface area contributed by atoms with E-state index >= 15 is 0 Å². The number of ether oxygens (including phenoxy) is 3. The minimum atomic E-state index is -1.17. The summed E-state index contributed by atoms with van der Waals surface area (Å²) in [6.45, 7) is 0.0602. The molecule has 0 saturated carbocycles. The number of benzene rings is 1. The molecule has 2 bridgehead atoms. The standard InChI is InChI=1S/C19H23NO6/c1-24-15(21)18-9-6-10-19(12-11-18,16(22)25-2)20(18)17(23)26-13-14-7-4-3-5-8-14/h3-5,7-8H,6,9-13H2,1-2H3. The zero-order valence-corrected chi connectivity index (χ0v) is 15.0. The van der Waals surface area contributed by atoms with E-state index in [0.717, 1.165) is 5.56 Å². The summed E-state index contributed by atoms with van der Waals surface area (Å²) in [5.41, 5.74) is -1.52. The van der Waals surface area contributed by atoms with E-state index in [1.807, 2.05) is 30.3 Å². The fraction of sp³-hybridized carbons (Fsp3) is 0.526. The number of hydrogen-bond acceptors (Lipinski definition) is 6. The molecule has 0 aliphatic carbocycles. The molecule has 2 unspecified atom stereocenters. The monoisotopic (exact) mass is 361 g/mol. The van der Waals surface area contributed by atoms with Gasteiger partial charge in [0.05, 0.1) is 14.2 Å². The molecular formula is C19H23NO6. The molecule has 2 saturated heterocycles. The molecule has 2 aliphatic rings. The molecule has 7 heteroatoms. The van der Waals surface area contributed by atoms with Crippen molar-refractivity contribution in [3.05, 3.63) is 35.9 Å². The second-order valence-corrected chi connectivity index (χ2v) is 6.78. The quantitative estimate of drug-likeness (QED) is 0.605. The van der Waals surface area contributed by atoms with Gasteiger partial charge >= 0.3 is 18.0 Å². The van der Waals surface area contributed by atoms with Crippen LogP contribution in [0.15, 0.2) is 30.3 Å². The lowest BCUT2D eigenvalue weighted by Crippen LogP contribution is -2.66. The van der Waals surface area contributed by atoms with Crippen LogP contribution in [0.5, 0.6) is 0 Å². The van der Waals surface area contributed by atoms with E-state index in [9.17, 15) is 14.4 Å². The number of rotatable bonds is 4. The zero-order valence-electron chi connectivity index (χ0n) is 15.0. The summed E-state index contributed by atoms with van der Waals surface area (Å²) < 4.78 is 15.4. The maximum Gasteiger partial charge on any atom is 0.412 e. The average molecular weight is 361 g/mol. The number of nitrogens with zero attached hydrogens (tertiary/aromatic N) is 1. The smallest absolute Gasteiger partial charge is 0.412 e. The van der Waals surface area contributed by atoms with Crippen LogP contribution >= 0.6 is 0 Å². The Kier molecular flexibility index (Phi) is 4.89. The summed E-state index contributed by atoms with van der Waals surface area (Å²) in [6, 6.07) is 9.24. The Hall–Kier alpha value is -2.57. The van der Waals surface area contributed by atoms with Crippen LogP contribution in [0.2, 0.25) is 0 Å². The van der Waals surface area contributed by atoms with Crippen LogP contribution < -0.4 is 0 Å². The van der Waals surface area contributed by atoms with Crippen molar-refractivity contribution in [2.24, 2.45) is 0 Å². The lowest BCUT2D eigenvalue weighted by Gasteiger charge is -2.46. The highest BCUT2D eigenvalue weighted by Gasteiger charge is 2.67. The molecule has 0 radical (unpaired) electrons. The van der Waals surface area contributed by atoms with Crippen LogP contribution in [0.4, 0.5) is 4.79 Å². The van der Waals surface area contributed by atoms with Crippen molar-refractivity contribution >= 4 is 18.0 Å². The third kappa shape index (κ3) is 2.71. The van der Waals surface area contributed by atoms with Crippen LogP contribution in [0.3, 0.4) is 0 Å². The number of methoxy groups -OCH3 is 2. The van der Waals surface area contributed by atoms with Gasteiger partial charge in [0.15, 0.2) is 0 Å². The number of carbonyl (C=O) groups is 3. The van der Waals surface area contributed by atoms with E-state index in [2.05, 4.69) is 0 Å². The highest BCUT2D eigenvalue weighted by molar-refractivity contribution is 5.94. The number of fused-ring (bicyclic) bond motifs is 2. The highest BCUT2D eigenvalue weighted by Crippen LogP contribution is 2.52. The molecular weight excluding hydrogens is 338 g/mol. The van der Waals surface area contributed by atoms with Gasteiger partial charge in [-0.25, -0.2) is 14.4 Å². The van der Waals surface area contributed by atoms with Crippen molar-refractivity contribution in [3.8, 4) is 0 Å². The number of piperidine rings is 1. The molecule has 26 heavy (non-hydrogen) atoms. The van der Waals surface area contributed by atoms with Crippen LogP contribution in [0.25, 0.3) is 0 Å². The Morgan fingerprint density at radius 1 is 0.923 bits per heavy atom. The lowest BCUT2D eigenvalue weighted by atomic mass is 9.83. The Balaban J connectivity index is 1.91. The third-order valence-electron chi connectivity index (χ3n) is 5.51. The van der Waals surface area contributed by atoms with Gasteiger partial charge in [0.2, 0.25) is 0 Å². The molecule has 2 fully saturated rings. The normalized spacial score (nSPS) is 26.9. The van der Waals surface area contributed by atoms with Gasteiger partial charge < -0.3 is 14.2 Å².